The van der Waals surface area contributed by atoms with Gasteiger partial charge in [-0.3, -0.25) is 0 Å². The van der Waals surface area contributed by atoms with E-state index in [2.05, 4.69) is 13.5 Å². The average Bonchev–Trinajstić information content (AvgIpc) is 2.10. The first kappa shape index (κ1) is 11.9. The van der Waals surface area contributed by atoms with Crippen LogP contribution >= 0.6 is 0 Å². The topological polar surface area (TPSA) is 26.3 Å². The minimum atomic E-state index is -0.355. The second-order valence-corrected chi connectivity index (χ2v) is 3.05. The van der Waals surface area contributed by atoms with E-state index in [0.29, 0.717) is 5.57 Å². The van der Waals surface area contributed by atoms with Gasteiger partial charge in [0.2, 0.25) is 0 Å². The van der Waals surface area contributed by atoms with Crippen LogP contribution in [0.3, 0.4) is 0 Å². The van der Waals surface area contributed by atoms with E-state index < -0.39 is 0 Å². The third-order valence-electron chi connectivity index (χ3n) is 1.59. The zero-order chi connectivity index (χ0) is 10.1. The van der Waals surface area contributed by atoms with Crippen molar-refractivity contribution in [2.75, 3.05) is 0 Å². The molecule has 0 atom stereocenters. The van der Waals surface area contributed by atoms with Gasteiger partial charge < -0.3 is 4.74 Å². The summed E-state index contributed by atoms with van der Waals surface area (Å²) < 4.78 is 4.76. The highest BCUT2D eigenvalue weighted by atomic mass is 16.5. The van der Waals surface area contributed by atoms with Crippen LogP contribution in [0.1, 0.15) is 39.5 Å². The van der Waals surface area contributed by atoms with Crippen molar-refractivity contribution in [3.05, 3.63) is 24.5 Å². The van der Waals surface area contributed by atoms with E-state index in [1.807, 2.05) is 6.08 Å². The van der Waals surface area contributed by atoms with Crippen LogP contribution < -0.4 is 0 Å². The molecule has 0 aliphatic carbocycles. The summed E-state index contributed by atoms with van der Waals surface area (Å²) in [5.41, 5.74) is 0.429. The predicted octanol–water partition coefficient (Wildman–Crippen LogP) is 3.20. The molecule has 0 saturated heterocycles. The number of allylic oxidation sites excluding steroid dienone is 1. The molecular formula is C11H18O2. The Hall–Kier alpha value is -1.05. The lowest BCUT2D eigenvalue weighted by Crippen LogP contribution is -1.98. The SMILES string of the molecule is C=C(C)C(=O)OC=CCCCCC. The van der Waals surface area contributed by atoms with Crippen LogP contribution in [0.2, 0.25) is 0 Å². The van der Waals surface area contributed by atoms with Gasteiger partial charge in [-0.25, -0.2) is 4.79 Å². The number of rotatable bonds is 6. The molecule has 0 radical (unpaired) electrons. The minimum absolute atomic E-state index is 0.355. The lowest BCUT2D eigenvalue weighted by atomic mass is 10.2. The van der Waals surface area contributed by atoms with E-state index in [-0.39, 0.29) is 5.97 Å². The smallest absolute Gasteiger partial charge is 0.337 e. The molecule has 0 aromatic rings. The number of esters is 1. The van der Waals surface area contributed by atoms with Gasteiger partial charge in [-0.2, -0.15) is 0 Å². The highest BCUT2D eigenvalue weighted by Gasteiger charge is 1.98. The van der Waals surface area contributed by atoms with Gasteiger partial charge in [0, 0.05) is 5.57 Å². The molecule has 0 aliphatic heterocycles. The molecule has 0 heterocycles. The molecule has 74 valence electrons. The van der Waals surface area contributed by atoms with Crippen molar-refractivity contribution in [2.24, 2.45) is 0 Å². The second-order valence-electron chi connectivity index (χ2n) is 3.05. The Morgan fingerprint density at radius 3 is 2.69 bits per heavy atom. The summed E-state index contributed by atoms with van der Waals surface area (Å²) in [6.07, 6.45) is 7.87. The lowest BCUT2D eigenvalue weighted by molar-refractivity contribution is -0.133. The summed E-state index contributed by atoms with van der Waals surface area (Å²) in [5.74, 6) is -0.355. The molecule has 0 rings (SSSR count). The van der Waals surface area contributed by atoms with Gasteiger partial charge in [-0.1, -0.05) is 26.3 Å². The van der Waals surface area contributed by atoms with Crippen molar-refractivity contribution >= 4 is 5.97 Å². The Morgan fingerprint density at radius 1 is 1.46 bits per heavy atom. The van der Waals surface area contributed by atoms with Gasteiger partial charge in [-0.15, -0.1) is 0 Å². The Bertz CT molecular complexity index is 192. The maximum Gasteiger partial charge on any atom is 0.337 e. The molecule has 0 saturated carbocycles. The molecule has 0 unspecified atom stereocenters. The fourth-order valence-electron chi connectivity index (χ4n) is 0.791. The third-order valence-corrected chi connectivity index (χ3v) is 1.59. The highest BCUT2D eigenvalue weighted by Crippen LogP contribution is 2.00. The summed E-state index contributed by atoms with van der Waals surface area (Å²) in [4.78, 5) is 10.9. The van der Waals surface area contributed by atoms with Crippen molar-refractivity contribution in [2.45, 2.75) is 39.5 Å². The fraction of sp³-hybridized carbons (Fsp3) is 0.545. The Morgan fingerprint density at radius 2 is 2.15 bits per heavy atom. The molecule has 2 heteroatoms. The normalized spacial score (nSPS) is 10.3. The van der Waals surface area contributed by atoms with Crippen molar-refractivity contribution < 1.29 is 9.53 Å². The standard InChI is InChI=1S/C11H18O2/c1-4-5-6-7-8-9-13-11(12)10(2)3/h8-9H,2,4-7H2,1,3H3. The van der Waals surface area contributed by atoms with Crippen molar-refractivity contribution in [3.63, 3.8) is 0 Å². The zero-order valence-corrected chi connectivity index (χ0v) is 8.51. The van der Waals surface area contributed by atoms with Crippen LogP contribution in [0.4, 0.5) is 0 Å². The van der Waals surface area contributed by atoms with Gasteiger partial charge in [0.15, 0.2) is 0 Å². The van der Waals surface area contributed by atoms with Gasteiger partial charge in [0.1, 0.15) is 0 Å². The van der Waals surface area contributed by atoms with Crippen LogP contribution in [-0.4, -0.2) is 5.97 Å². The van der Waals surface area contributed by atoms with E-state index in [0.717, 1.165) is 12.8 Å². The van der Waals surface area contributed by atoms with Gasteiger partial charge >= 0.3 is 5.97 Å². The number of hydrogen-bond donors (Lipinski definition) is 0. The molecule has 0 N–H and O–H groups in total. The van der Waals surface area contributed by atoms with E-state index in [1.165, 1.54) is 19.1 Å². The maximum atomic E-state index is 10.9. The number of carbonyl (C=O) groups is 1. The van der Waals surface area contributed by atoms with Gasteiger partial charge in [-0.05, 0) is 25.8 Å². The molecule has 0 amide bonds. The summed E-state index contributed by atoms with van der Waals surface area (Å²) >= 11 is 0. The van der Waals surface area contributed by atoms with Crippen LogP contribution in [0, 0.1) is 0 Å². The van der Waals surface area contributed by atoms with Crippen LogP contribution in [0.25, 0.3) is 0 Å². The van der Waals surface area contributed by atoms with E-state index in [9.17, 15) is 4.79 Å². The lowest BCUT2D eigenvalue weighted by Gasteiger charge is -1.96. The Labute approximate surface area is 80.3 Å². The molecule has 0 aliphatic rings. The fourth-order valence-corrected chi connectivity index (χ4v) is 0.791. The number of ether oxygens (including phenoxy) is 1. The summed E-state index contributed by atoms with van der Waals surface area (Å²) in [6, 6.07) is 0. The molecule has 0 bridgehead atoms. The number of unbranched alkanes of at least 4 members (excludes halogenated alkanes) is 3. The second kappa shape index (κ2) is 7.59. The minimum Gasteiger partial charge on any atom is -0.431 e. The Balaban J connectivity index is 3.41. The summed E-state index contributed by atoms with van der Waals surface area (Å²) in [5, 5.41) is 0. The predicted molar refractivity (Wildman–Crippen MR) is 54.2 cm³/mol. The van der Waals surface area contributed by atoms with Crippen molar-refractivity contribution in [1.29, 1.82) is 0 Å². The third kappa shape index (κ3) is 7.32. The largest absolute Gasteiger partial charge is 0.431 e. The Kier molecular flexibility index (Phi) is 6.98. The monoisotopic (exact) mass is 182 g/mol. The molecule has 0 aromatic carbocycles. The molecule has 0 spiro atoms. The van der Waals surface area contributed by atoms with E-state index >= 15 is 0 Å². The maximum absolute atomic E-state index is 10.9. The van der Waals surface area contributed by atoms with Crippen molar-refractivity contribution in [1.82, 2.24) is 0 Å². The van der Waals surface area contributed by atoms with Crippen LogP contribution in [0.15, 0.2) is 24.5 Å². The summed E-state index contributed by atoms with van der Waals surface area (Å²) in [6.45, 7) is 7.26. The molecule has 0 fully saturated rings. The zero-order valence-electron chi connectivity index (χ0n) is 8.51. The van der Waals surface area contributed by atoms with Crippen molar-refractivity contribution in [3.8, 4) is 0 Å². The highest BCUT2D eigenvalue weighted by molar-refractivity contribution is 5.87. The molecule has 13 heavy (non-hydrogen) atoms. The first-order valence-corrected chi connectivity index (χ1v) is 4.70. The number of hydrogen-bond acceptors (Lipinski definition) is 2. The first-order chi connectivity index (χ1) is 6.18. The van der Waals surface area contributed by atoms with Crippen LogP contribution in [0.5, 0.6) is 0 Å². The van der Waals surface area contributed by atoms with E-state index in [1.54, 1.807) is 6.92 Å². The summed E-state index contributed by atoms with van der Waals surface area (Å²) in [7, 11) is 0. The van der Waals surface area contributed by atoms with Gasteiger partial charge in [0.05, 0.1) is 6.26 Å². The van der Waals surface area contributed by atoms with E-state index in [4.69, 9.17) is 4.74 Å². The van der Waals surface area contributed by atoms with Gasteiger partial charge in [0.25, 0.3) is 0 Å². The molecule has 0 aromatic heterocycles. The molecular weight excluding hydrogens is 164 g/mol. The quantitative estimate of drug-likeness (QED) is 0.273. The first-order valence-electron chi connectivity index (χ1n) is 4.70. The number of carbonyl (C=O) groups excluding carboxylic acids is 1. The van der Waals surface area contributed by atoms with Crippen LogP contribution in [-0.2, 0) is 9.53 Å². The average molecular weight is 182 g/mol. The molecule has 2 nitrogen and oxygen atoms in total.